The lowest BCUT2D eigenvalue weighted by Gasteiger charge is -2.52. The van der Waals surface area contributed by atoms with Crippen LogP contribution in [-0.2, 0) is 22.5 Å². The van der Waals surface area contributed by atoms with E-state index in [2.05, 4.69) is 21.3 Å². The van der Waals surface area contributed by atoms with Crippen molar-refractivity contribution >= 4 is 50.3 Å². The Hall–Kier alpha value is -5.33. The number of carbonyl (C=O) groups is 3. The minimum atomic E-state index is -0.753. The van der Waals surface area contributed by atoms with Crippen LogP contribution in [0.3, 0.4) is 0 Å². The third-order valence-corrected chi connectivity index (χ3v) is 12.9. The second kappa shape index (κ2) is 16.1. The molecule has 1 amide bonds. The third-order valence-electron chi connectivity index (χ3n) is 11.9. The SMILES string of the molecule is Cc1c(OCCC2CC3(CCN(CC(=O)O)CC3)C2)cccc1-c1ccc(N2CCc3cccc(C(=O)Nc4nc5ccccc5s4)c3C2)nc1C(=O)OC(C)(C)C. The first-order chi connectivity index (χ1) is 27.8. The molecule has 2 N–H and O–H groups in total. The lowest BCUT2D eigenvalue weighted by Crippen LogP contribution is -2.48. The van der Waals surface area contributed by atoms with Gasteiger partial charge in [0.25, 0.3) is 5.91 Å². The van der Waals surface area contributed by atoms with Gasteiger partial charge in [0, 0.05) is 24.2 Å². The standard InChI is InChI=1S/C46H51N5O6S/c1-29-32(10-8-13-37(29)56-24-18-30-25-46(26-30)19-22-50(23-20-46)28-40(52)53)33-15-16-39(48-41(33)43(55)57-45(2,3)4)51-21-17-31-9-7-11-34(35(31)27-51)42(54)49-44-47-36-12-5-6-14-38(36)58-44/h5-16,30H,17-28H2,1-4H3,(H,52,53)(H,47,49,54). The van der Waals surface area contributed by atoms with Crippen molar-refractivity contribution < 1.29 is 29.0 Å². The van der Waals surface area contributed by atoms with Crippen LogP contribution >= 0.6 is 11.3 Å². The third kappa shape index (κ3) is 8.59. The maximum atomic E-state index is 13.9. The largest absolute Gasteiger partial charge is 0.493 e. The summed E-state index contributed by atoms with van der Waals surface area (Å²) in [6.07, 6.45) is 6.17. The van der Waals surface area contributed by atoms with E-state index in [4.69, 9.17) is 19.6 Å². The van der Waals surface area contributed by atoms with E-state index in [1.54, 1.807) is 0 Å². The number of carbonyl (C=O) groups excluding carboxylic acids is 2. The van der Waals surface area contributed by atoms with Crippen molar-refractivity contribution in [3.05, 3.63) is 101 Å². The van der Waals surface area contributed by atoms with E-state index in [1.807, 2.05) is 99.3 Å². The van der Waals surface area contributed by atoms with Gasteiger partial charge in [-0.1, -0.05) is 47.7 Å². The van der Waals surface area contributed by atoms with Crippen molar-refractivity contribution in [2.75, 3.05) is 43.0 Å². The molecular formula is C46H51N5O6S. The molecule has 0 unspecified atom stereocenters. The summed E-state index contributed by atoms with van der Waals surface area (Å²) in [5.74, 6) is 0.550. The van der Waals surface area contributed by atoms with Crippen molar-refractivity contribution in [1.82, 2.24) is 14.9 Å². The zero-order valence-corrected chi connectivity index (χ0v) is 34.5. The summed E-state index contributed by atoms with van der Waals surface area (Å²) in [6, 6.07) is 23.5. The number of fused-ring (bicyclic) bond motifs is 2. The van der Waals surface area contributed by atoms with Crippen LogP contribution in [0.4, 0.5) is 10.9 Å². The van der Waals surface area contributed by atoms with Gasteiger partial charge >= 0.3 is 11.9 Å². The zero-order chi connectivity index (χ0) is 40.6. The summed E-state index contributed by atoms with van der Waals surface area (Å²) < 4.78 is 13.3. The molecule has 12 heteroatoms. The molecule has 1 saturated heterocycles. The highest BCUT2D eigenvalue weighted by atomic mass is 32.1. The molecule has 58 heavy (non-hydrogen) atoms. The number of carboxylic acid groups (broad SMARTS) is 1. The Balaban J connectivity index is 0.978. The van der Waals surface area contributed by atoms with Crippen LogP contribution in [0.15, 0.2) is 72.8 Å². The molecule has 2 aromatic heterocycles. The molecule has 2 fully saturated rings. The van der Waals surface area contributed by atoms with Crippen molar-refractivity contribution in [2.24, 2.45) is 11.3 Å². The number of likely N-dealkylation sites (tertiary alicyclic amines) is 1. The molecular weight excluding hydrogens is 751 g/mol. The predicted octanol–water partition coefficient (Wildman–Crippen LogP) is 8.78. The average molecular weight is 802 g/mol. The van der Waals surface area contributed by atoms with Crippen LogP contribution in [0, 0.1) is 18.3 Å². The van der Waals surface area contributed by atoms with Crippen molar-refractivity contribution in [2.45, 2.75) is 78.4 Å². The number of aromatic nitrogens is 2. The number of aliphatic carboxylic acids is 1. The Morgan fingerprint density at radius 2 is 1.71 bits per heavy atom. The van der Waals surface area contributed by atoms with Gasteiger partial charge in [-0.2, -0.15) is 0 Å². The smallest absolute Gasteiger partial charge is 0.358 e. The number of piperidine rings is 1. The van der Waals surface area contributed by atoms with E-state index < -0.39 is 17.5 Å². The van der Waals surface area contributed by atoms with Crippen LogP contribution in [0.2, 0.25) is 0 Å². The molecule has 0 atom stereocenters. The summed E-state index contributed by atoms with van der Waals surface area (Å²) in [4.78, 5) is 52.5. The van der Waals surface area contributed by atoms with Gasteiger partial charge in [-0.05, 0) is 149 Å². The number of thiazole rings is 1. The number of benzene rings is 3. The summed E-state index contributed by atoms with van der Waals surface area (Å²) >= 11 is 1.45. The minimum absolute atomic E-state index is 0.133. The van der Waals surface area contributed by atoms with Crippen LogP contribution in [0.25, 0.3) is 21.3 Å². The van der Waals surface area contributed by atoms with Crippen LogP contribution in [0.1, 0.15) is 90.4 Å². The monoisotopic (exact) mass is 801 g/mol. The number of hydrogen-bond acceptors (Lipinski definition) is 10. The molecule has 11 nitrogen and oxygen atoms in total. The fourth-order valence-corrected chi connectivity index (χ4v) is 9.82. The van der Waals surface area contributed by atoms with Gasteiger partial charge in [0.2, 0.25) is 0 Å². The number of carboxylic acids is 1. The maximum Gasteiger partial charge on any atom is 0.358 e. The fraction of sp³-hybridized carbons (Fsp3) is 0.413. The van der Waals surface area contributed by atoms with Crippen molar-refractivity contribution in [1.29, 1.82) is 0 Å². The second-order valence-corrected chi connectivity index (χ2v) is 18.2. The number of hydrogen-bond donors (Lipinski definition) is 2. The Bertz CT molecular complexity index is 2320. The van der Waals surface area contributed by atoms with E-state index in [0.29, 0.717) is 59.5 Å². The molecule has 4 heterocycles. The number of anilines is 2. The van der Waals surface area contributed by atoms with Crippen molar-refractivity contribution in [3.63, 3.8) is 0 Å². The molecule has 1 saturated carbocycles. The molecule has 3 aromatic carbocycles. The highest BCUT2D eigenvalue weighted by Crippen LogP contribution is 2.53. The van der Waals surface area contributed by atoms with Crippen LogP contribution in [-0.4, -0.2) is 76.2 Å². The highest BCUT2D eigenvalue weighted by molar-refractivity contribution is 7.22. The zero-order valence-electron chi connectivity index (χ0n) is 33.7. The Kier molecular flexibility index (Phi) is 11.0. The van der Waals surface area contributed by atoms with Gasteiger partial charge in [0.15, 0.2) is 10.8 Å². The van der Waals surface area contributed by atoms with Gasteiger partial charge in [0.1, 0.15) is 17.2 Å². The molecule has 3 aliphatic rings. The lowest BCUT2D eigenvalue weighted by atomic mass is 9.57. The molecule has 8 rings (SSSR count). The number of para-hydroxylation sites is 1. The Labute approximate surface area is 343 Å². The number of rotatable bonds is 11. The normalized spacial score (nSPS) is 16.8. The summed E-state index contributed by atoms with van der Waals surface area (Å²) in [6.45, 7) is 11.1. The summed E-state index contributed by atoms with van der Waals surface area (Å²) in [5, 5.41) is 12.7. The first-order valence-electron chi connectivity index (χ1n) is 20.3. The Morgan fingerprint density at radius 3 is 2.47 bits per heavy atom. The van der Waals surface area contributed by atoms with E-state index in [9.17, 15) is 14.4 Å². The predicted molar refractivity (Wildman–Crippen MR) is 227 cm³/mol. The molecule has 1 aliphatic carbocycles. The molecule has 302 valence electrons. The van der Waals surface area contributed by atoms with Crippen molar-refractivity contribution in [3.8, 4) is 16.9 Å². The molecule has 0 radical (unpaired) electrons. The van der Waals surface area contributed by atoms with Gasteiger partial charge in [-0.25, -0.2) is 14.8 Å². The maximum absolute atomic E-state index is 13.9. The van der Waals surface area contributed by atoms with Gasteiger partial charge in [0.05, 0.1) is 23.4 Å². The van der Waals surface area contributed by atoms with E-state index in [-0.39, 0.29) is 18.1 Å². The molecule has 2 aliphatic heterocycles. The van der Waals surface area contributed by atoms with Crippen LogP contribution < -0.4 is 15.0 Å². The summed E-state index contributed by atoms with van der Waals surface area (Å²) in [7, 11) is 0. The fourth-order valence-electron chi connectivity index (χ4n) is 8.96. The number of amides is 1. The number of ether oxygens (including phenoxy) is 2. The average Bonchev–Trinajstić information content (AvgIpc) is 3.59. The first kappa shape index (κ1) is 39.5. The number of nitrogens with zero attached hydrogens (tertiary/aromatic N) is 4. The Morgan fingerprint density at radius 1 is 0.931 bits per heavy atom. The molecule has 1 spiro atoms. The summed E-state index contributed by atoms with van der Waals surface area (Å²) in [5.41, 5.74) is 5.79. The topological polar surface area (TPSA) is 134 Å². The van der Waals surface area contributed by atoms with Gasteiger partial charge in [-0.3, -0.25) is 19.8 Å². The molecule has 5 aromatic rings. The molecule has 0 bridgehead atoms. The van der Waals surface area contributed by atoms with E-state index in [0.717, 1.165) is 70.6 Å². The number of nitrogens with one attached hydrogen (secondary N) is 1. The quantitative estimate of drug-likeness (QED) is 0.125. The van der Waals surface area contributed by atoms with Gasteiger partial charge < -0.3 is 19.5 Å². The first-order valence-corrected chi connectivity index (χ1v) is 21.1. The second-order valence-electron chi connectivity index (χ2n) is 17.1. The van der Waals surface area contributed by atoms with E-state index >= 15 is 0 Å². The minimum Gasteiger partial charge on any atom is -0.493 e. The number of esters is 1. The number of pyridine rings is 1. The van der Waals surface area contributed by atoms with Crippen LogP contribution in [0.5, 0.6) is 5.75 Å². The highest BCUT2D eigenvalue weighted by Gasteiger charge is 2.45. The lowest BCUT2D eigenvalue weighted by molar-refractivity contribution is -0.139. The van der Waals surface area contributed by atoms with Gasteiger partial charge in [-0.15, -0.1) is 0 Å². The van der Waals surface area contributed by atoms with E-state index in [1.165, 1.54) is 24.2 Å².